The zero-order chi connectivity index (χ0) is 22.1. The first-order valence-electron chi connectivity index (χ1n) is 10.4. The van der Waals surface area contributed by atoms with Crippen molar-refractivity contribution in [2.75, 3.05) is 30.5 Å². The summed E-state index contributed by atoms with van der Waals surface area (Å²) < 4.78 is 25.4. The zero-order valence-corrected chi connectivity index (χ0v) is 17.5. The number of ether oxygens (including phenoxy) is 2. The first-order valence-corrected chi connectivity index (χ1v) is 10.4. The van der Waals surface area contributed by atoms with Crippen molar-refractivity contribution in [1.29, 1.82) is 0 Å². The van der Waals surface area contributed by atoms with E-state index in [1.807, 2.05) is 0 Å². The molecule has 0 aliphatic carbocycles. The summed E-state index contributed by atoms with van der Waals surface area (Å²) in [6, 6.07) is 8.70. The summed E-state index contributed by atoms with van der Waals surface area (Å²) in [4.78, 5) is 27.9. The van der Waals surface area contributed by atoms with Crippen LogP contribution in [0.4, 0.5) is 15.9 Å². The Morgan fingerprint density at radius 3 is 2.50 bits per heavy atom. The lowest BCUT2D eigenvalue weighted by Crippen LogP contribution is -2.46. The summed E-state index contributed by atoms with van der Waals surface area (Å²) in [6.07, 6.45) is 6.39. The molecule has 1 N–H and O–H groups in total. The van der Waals surface area contributed by atoms with Crippen molar-refractivity contribution in [1.82, 2.24) is 15.0 Å². The Hall–Kier alpha value is -3.59. The van der Waals surface area contributed by atoms with Crippen molar-refractivity contribution < 1.29 is 18.7 Å². The van der Waals surface area contributed by atoms with Crippen molar-refractivity contribution in [3.05, 3.63) is 60.3 Å². The molecule has 0 saturated carbocycles. The van der Waals surface area contributed by atoms with Crippen LogP contribution in [0.3, 0.4) is 0 Å². The molecule has 5 rings (SSSR count). The number of carbonyl (C=O) groups is 1. The molecular formula is C23H22FN5O3. The maximum atomic E-state index is 14.7. The van der Waals surface area contributed by atoms with Crippen LogP contribution in [0.1, 0.15) is 23.2 Å². The normalized spacial score (nSPS) is 19.6. The largest absolute Gasteiger partial charge is 0.467 e. The Labute approximate surface area is 184 Å². The second-order valence-electron chi connectivity index (χ2n) is 7.78. The topological polar surface area (TPSA) is 89.5 Å². The number of rotatable bonds is 5. The second-order valence-corrected chi connectivity index (χ2v) is 7.78. The van der Waals surface area contributed by atoms with Crippen LogP contribution in [0.15, 0.2) is 48.9 Å². The van der Waals surface area contributed by atoms with Gasteiger partial charge in [0.2, 0.25) is 0 Å². The molecule has 2 saturated heterocycles. The highest BCUT2D eigenvalue weighted by Crippen LogP contribution is 2.41. The highest BCUT2D eigenvalue weighted by molar-refractivity contribution is 6.08. The van der Waals surface area contributed by atoms with Gasteiger partial charge in [0.25, 0.3) is 5.91 Å². The van der Waals surface area contributed by atoms with Gasteiger partial charge in [-0.15, -0.1) is 0 Å². The molecule has 4 heterocycles. The zero-order valence-electron chi connectivity index (χ0n) is 17.5. The molecule has 2 aromatic heterocycles. The number of morpholine rings is 1. The maximum absolute atomic E-state index is 14.7. The van der Waals surface area contributed by atoms with Gasteiger partial charge in [-0.25, -0.2) is 19.3 Å². The van der Waals surface area contributed by atoms with E-state index < -0.39 is 5.91 Å². The van der Waals surface area contributed by atoms with E-state index in [9.17, 15) is 9.18 Å². The summed E-state index contributed by atoms with van der Waals surface area (Å²) in [7, 11) is 1.45. The van der Waals surface area contributed by atoms with Crippen LogP contribution in [-0.2, 0) is 4.74 Å². The molecule has 1 amide bonds. The number of fused-ring (bicyclic) bond motifs is 2. The number of nitrogens with zero attached hydrogens (tertiary/aromatic N) is 4. The Balaban J connectivity index is 1.59. The van der Waals surface area contributed by atoms with Gasteiger partial charge in [-0.3, -0.25) is 4.79 Å². The van der Waals surface area contributed by atoms with Gasteiger partial charge in [-0.05, 0) is 25.0 Å². The summed E-state index contributed by atoms with van der Waals surface area (Å²) in [6.45, 7) is 1.20. The summed E-state index contributed by atoms with van der Waals surface area (Å²) in [5.74, 6) is -0.178. The number of aromatic nitrogens is 3. The molecule has 2 atom stereocenters. The number of anilines is 2. The predicted molar refractivity (Wildman–Crippen MR) is 116 cm³/mol. The second kappa shape index (κ2) is 8.51. The predicted octanol–water partition coefficient (Wildman–Crippen LogP) is 3.31. The highest BCUT2D eigenvalue weighted by Gasteiger charge is 2.39. The molecule has 9 heteroatoms. The van der Waals surface area contributed by atoms with Gasteiger partial charge in [0.05, 0.1) is 43.7 Å². The standard InChI is InChI=1S/C23H22FN5O3/c1-31-23-26-10-14(11-27-23)22(30)28-20-18(17-4-2-3-5-19(17)24)8-9-25-21(20)29-15-6-7-16(29)13-32-12-15/h2-5,8-11,15-16H,6-7,12-13H2,1H3,(H,28,30). The number of methoxy groups -OCH3 is 1. The lowest BCUT2D eigenvalue weighted by molar-refractivity contribution is 0.0903. The first-order chi connectivity index (χ1) is 15.7. The SMILES string of the molecule is COc1ncc(C(=O)Nc2c(-c3ccccc3F)ccnc2N2C3CCC2COC3)cn1. The van der Waals surface area contributed by atoms with Crippen LogP contribution in [0.25, 0.3) is 11.1 Å². The first kappa shape index (κ1) is 20.3. The van der Waals surface area contributed by atoms with Crippen molar-refractivity contribution in [3.63, 3.8) is 0 Å². The lowest BCUT2D eigenvalue weighted by Gasteiger charge is -2.37. The Morgan fingerprint density at radius 2 is 1.81 bits per heavy atom. The molecule has 0 radical (unpaired) electrons. The van der Waals surface area contributed by atoms with Gasteiger partial charge < -0.3 is 19.7 Å². The van der Waals surface area contributed by atoms with Gasteiger partial charge in [-0.1, -0.05) is 18.2 Å². The molecular weight excluding hydrogens is 413 g/mol. The van der Waals surface area contributed by atoms with Crippen molar-refractivity contribution in [3.8, 4) is 17.1 Å². The highest BCUT2D eigenvalue weighted by atomic mass is 19.1. The smallest absolute Gasteiger partial charge is 0.316 e. The number of pyridine rings is 1. The Bertz CT molecular complexity index is 1120. The van der Waals surface area contributed by atoms with Crippen molar-refractivity contribution >= 4 is 17.4 Å². The van der Waals surface area contributed by atoms with Crippen LogP contribution in [-0.4, -0.2) is 53.3 Å². The number of nitrogens with one attached hydrogen (secondary N) is 1. The monoisotopic (exact) mass is 435 g/mol. The van der Waals surface area contributed by atoms with Gasteiger partial charge >= 0.3 is 6.01 Å². The third kappa shape index (κ3) is 3.64. The molecule has 32 heavy (non-hydrogen) atoms. The summed E-state index contributed by atoms with van der Waals surface area (Å²) in [5.41, 5.74) is 1.65. The van der Waals surface area contributed by atoms with Crippen LogP contribution in [0.5, 0.6) is 6.01 Å². The quantitative estimate of drug-likeness (QED) is 0.658. The molecule has 2 fully saturated rings. The average molecular weight is 435 g/mol. The number of benzene rings is 1. The fourth-order valence-corrected chi connectivity index (χ4v) is 4.37. The van der Waals surface area contributed by atoms with E-state index >= 15 is 0 Å². The van der Waals surface area contributed by atoms with Crippen LogP contribution < -0.4 is 15.0 Å². The molecule has 2 unspecified atom stereocenters. The van der Waals surface area contributed by atoms with E-state index in [0.717, 1.165) is 12.8 Å². The van der Waals surface area contributed by atoms with E-state index in [2.05, 4.69) is 25.2 Å². The lowest BCUT2D eigenvalue weighted by atomic mass is 10.0. The fourth-order valence-electron chi connectivity index (χ4n) is 4.37. The van der Waals surface area contributed by atoms with Gasteiger partial charge in [-0.2, -0.15) is 0 Å². The Kier molecular flexibility index (Phi) is 5.40. The number of hydrogen-bond donors (Lipinski definition) is 1. The molecule has 2 aliphatic rings. The molecule has 164 valence electrons. The van der Waals surface area contributed by atoms with Gasteiger partial charge in [0.1, 0.15) is 5.82 Å². The maximum Gasteiger partial charge on any atom is 0.316 e. The summed E-state index contributed by atoms with van der Waals surface area (Å²) in [5, 5.41) is 2.95. The van der Waals surface area contributed by atoms with Crippen LogP contribution in [0.2, 0.25) is 0 Å². The Morgan fingerprint density at radius 1 is 1.09 bits per heavy atom. The van der Waals surface area contributed by atoms with Gasteiger partial charge in [0.15, 0.2) is 5.82 Å². The number of hydrogen-bond acceptors (Lipinski definition) is 7. The molecule has 8 nitrogen and oxygen atoms in total. The third-order valence-electron chi connectivity index (χ3n) is 5.89. The molecule has 2 bridgehead atoms. The third-order valence-corrected chi connectivity index (χ3v) is 5.89. The molecule has 2 aliphatic heterocycles. The fraction of sp³-hybridized carbons (Fsp3) is 0.304. The van der Waals surface area contributed by atoms with E-state index in [1.54, 1.807) is 30.5 Å². The van der Waals surface area contributed by atoms with Crippen LogP contribution in [0, 0.1) is 5.82 Å². The van der Waals surface area contributed by atoms with Crippen LogP contribution >= 0.6 is 0 Å². The minimum Gasteiger partial charge on any atom is -0.467 e. The molecule has 3 aromatic rings. The number of carbonyl (C=O) groups excluding carboxylic acids is 1. The molecule has 0 spiro atoms. The van der Waals surface area contributed by atoms with Gasteiger partial charge in [0, 0.05) is 29.7 Å². The van der Waals surface area contributed by atoms with Crippen molar-refractivity contribution in [2.45, 2.75) is 24.9 Å². The summed E-state index contributed by atoms with van der Waals surface area (Å²) >= 11 is 0. The number of amides is 1. The van der Waals surface area contributed by atoms with E-state index in [4.69, 9.17) is 9.47 Å². The van der Waals surface area contributed by atoms with E-state index in [0.29, 0.717) is 35.8 Å². The van der Waals surface area contributed by atoms with E-state index in [-0.39, 0.29) is 29.5 Å². The van der Waals surface area contributed by atoms with E-state index in [1.165, 1.54) is 25.6 Å². The number of halogens is 1. The average Bonchev–Trinajstić information content (AvgIpc) is 3.07. The molecule has 1 aromatic carbocycles. The minimum atomic E-state index is -0.417. The minimum absolute atomic E-state index is 0.164. The van der Waals surface area contributed by atoms with Crippen molar-refractivity contribution in [2.24, 2.45) is 0 Å².